The van der Waals surface area contributed by atoms with E-state index in [9.17, 15) is 14.4 Å². The van der Waals surface area contributed by atoms with Gasteiger partial charge < -0.3 is 21.2 Å². The molecule has 1 aromatic carbocycles. The molecule has 1 saturated heterocycles. The normalized spacial score (nSPS) is 17.4. The number of hydrogen-bond donors (Lipinski definition) is 3. The number of nitrogens with zero attached hydrogens (tertiary/aromatic N) is 4. The van der Waals surface area contributed by atoms with E-state index >= 15 is 0 Å². The molecule has 2 fully saturated rings. The average Bonchev–Trinajstić information content (AvgIpc) is 3.57. The van der Waals surface area contributed by atoms with Crippen LogP contribution in [0.3, 0.4) is 0 Å². The summed E-state index contributed by atoms with van der Waals surface area (Å²) in [4.78, 5) is 41.7. The Bertz CT molecular complexity index is 1190. The predicted molar refractivity (Wildman–Crippen MR) is 132 cm³/mol. The average molecular weight is 498 g/mol. The van der Waals surface area contributed by atoms with Crippen molar-refractivity contribution in [3.8, 4) is 0 Å². The van der Waals surface area contributed by atoms with Gasteiger partial charge in [-0.05, 0) is 43.4 Å². The summed E-state index contributed by atoms with van der Waals surface area (Å²) in [6.45, 7) is 11.2. The molecule has 2 heterocycles. The van der Waals surface area contributed by atoms with Crippen LogP contribution in [0.4, 0.5) is 11.5 Å². The Morgan fingerprint density at radius 3 is 2.57 bits per heavy atom. The third kappa shape index (κ3) is 5.63. The van der Waals surface area contributed by atoms with Crippen LogP contribution in [-0.2, 0) is 21.7 Å². The lowest BCUT2D eigenvalue weighted by molar-refractivity contribution is -0.117. The smallest absolute Gasteiger partial charge is 0.254 e. The van der Waals surface area contributed by atoms with Crippen LogP contribution in [0.25, 0.3) is 4.85 Å². The first-order valence-corrected chi connectivity index (χ1v) is 11.9. The molecule has 0 radical (unpaired) electrons. The van der Waals surface area contributed by atoms with Gasteiger partial charge >= 0.3 is 0 Å². The van der Waals surface area contributed by atoms with Gasteiger partial charge in [-0.15, -0.1) is 0 Å². The highest BCUT2D eigenvalue weighted by atomic mass is 35.5. The standard InChI is InChI=1S/C24H28ClN7O3/c1-15(33)28-20-11-16(3-6-19(20)25)12-31-9-7-24(8-10-31,14-27-2)32-13-18(21(26)34)22(30-32)29-23(35)17-4-5-17/h3,6,11,13,17H,4-5,7-10,12,14H2,1H3,(H2,26,34)(H,28,33)(H,29,30,35). The fraction of sp³-hybridized carbons (Fsp3) is 0.458. The molecule has 184 valence electrons. The van der Waals surface area contributed by atoms with Crippen molar-refractivity contribution in [2.24, 2.45) is 11.7 Å². The van der Waals surface area contributed by atoms with Gasteiger partial charge in [0, 0.05) is 38.7 Å². The second kappa shape index (κ2) is 10.1. The molecule has 11 heteroatoms. The number of nitrogens with two attached hydrogens (primary N) is 1. The van der Waals surface area contributed by atoms with Crippen LogP contribution < -0.4 is 16.4 Å². The lowest BCUT2D eigenvalue weighted by atomic mass is 9.87. The van der Waals surface area contributed by atoms with E-state index in [1.807, 2.05) is 12.1 Å². The van der Waals surface area contributed by atoms with E-state index in [1.54, 1.807) is 16.9 Å². The summed E-state index contributed by atoms with van der Waals surface area (Å²) in [5.41, 5.74) is 6.69. The number of likely N-dealkylation sites (tertiary alicyclic amines) is 1. The van der Waals surface area contributed by atoms with Gasteiger partial charge in [-0.25, -0.2) is 6.57 Å². The molecule has 1 aliphatic carbocycles. The minimum absolute atomic E-state index is 0.0413. The zero-order valence-electron chi connectivity index (χ0n) is 19.5. The molecule has 1 aromatic heterocycles. The van der Waals surface area contributed by atoms with E-state index < -0.39 is 11.4 Å². The Hall–Kier alpha value is -3.42. The molecule has 4 rings (SSSR count). The maximum Gasteiger partial charge on any atom is 0.254 e. The van der Waals surface area contributed by atoms with Gasteiger partial charge in [0.15, 0.2) is 5.82 Å². The van der Waals surface area contributed by atoms with Gasteiger partial charge in [-0.2, -0.15) is 5.10 Å². The minimum Gasteiger partial charge on any atom is -0.365 e. The fourth-order valence-corrected chi connectivity index (χ4v) is 4.57. The molecule has 1 saturated carbocycles. The number of piperidine rings is 1. The molecule has 3 amide bonds. The number of halogens is 1. The molecule has 35 heavy (non-hydrogen) atoms. The maximum absolute atomic E-state index is 12.3. The number of hydrogen-bond acceptors (Lipinski definition) is 5. The number of anilines is 2. The molecule has 2 aromatic rings. The van der Waals surface area contributed by atoms with E-state index in [1.165, 1.54) is 6.92 Å². The van der Waals surface area contributed by atoms with E-state index in [4.69, 9.17) is 23.9 Å². The van der Waals surface area contributed by atoms with Crippen LogP contribution in [-0.4, -0.2) is 52.0 Å². The quantitative estimate of drug-likeness (QED) is 0.483. The summed E-state index contributed by atoms with van der Waals surface area (Å²) in [5.74, 6) is -0.898. The zero-order valence-corrected chi connectivity index (χ0v) is 20.3. The highest BCUT2D eigenvalue weighted by Gasteiger charge is 2.41. The first-order chi connectivity index (χ1) is 16.7. The van der Waals surface area contributed by atoms with Crippen molar-refractivity contribution in [3.05, 3.63) is 52.0 Å². The molecule has 0 spiro atoms. The van der Waals surface area contributed by atoms with Crippen LogP contribution in [0, 0.1) is 12.5 Å². The first-order valence-electron chi connectivity index (χ1n) is 11.5. The van der Waals surface area contributed by atoms with Crippen molar-refractivity contribution in [2.45, 2.75) is 44.7 Å². The highest BCUT2D eigenvalue weighted by Crippen LogP contribution is 2.34. The van der Waals surface area contributed by atoms with Crippen molar-refractivity contribution in [3.63, 3.8) is 0 Å². The Kier molecular flexibility index (Phi) is 7.10. The molecule has 0 bridgehead atoms. The van der Waals surface area contributed by atoms with Gasteiger partial charge in [-0.3, -0.25) is 24.0 Å². The number of carbonyl (C=O) groups excluding carboxylic acids is 3. The number of rotatable bonds is 8. The van der Waals surface area contributed by atoms with Gasteiger partial charge in [0.2, 0.25) is 18.4 Å². The summed E-state index contributed by atoms with van der Waals surface area (Å²) in [5, 5.41) is 10.5. The molecule has 1 aliphatic heterocycles. The summed E-state index contributed by atoms with van der Waals surface area (Å²) >= 11 is 6.19. The van der Waals surface area contributed by atoms with Gasteiger partial charge in [-0.1, -0.05) is 17.7 Å². The Balaban J connectivity index is 1.49. The maximum atomic E-state index is 12.3. The molecule has 2 aliphatic rings. The number of primary amides is 1. The topological polar surface area (TPSA) is 127 Å². The summed E-state index contributed by atoms with van der Waals surface area (Å²) in [7, 11) is 0. The van der Waals surface area contributed by atoms with E-state index in [0.29, 0.717) is 43.2 Å². The minimum atomic E-state index is -0.671. The molecular weight excluding hydrogens is 470 g/mol. The van der Waals surface area contributed by atoms with Crippen molar-refractivity contribution in [1.82, 2.24) is 14.7 Å². The van der Waals surface area contributed by atoms with Crippen molar-refractivity contribution < 1.29 is 14.4 Å². The van der Waals surface area contributed by atoms with Gasteiger partial charge in [0.05, 0.1) is 10.7 Å². The first kappa shape index (κ1) is 24.7. The van der Waals surface area contributed by atoms with Gasteiger partial charge in [0.1, 0.15) is 11.1 Å². The SMILES string of the molecule is [C-]#[N+]CC1(n2cc(C(N)=O)c(NC(=O)C3CC3)n2)CCN(Cc2ccc(Cl)c(NC(C)=O)c2)CC1. The largest absolute Gasteiger partial charge is 0.365 e. The number of aromatic nitrogens is 2. The van der Waals surface area contributed by atoms with Crippen LogP contribution in [0.15, 0.2) is 24.4 Å². The van der Waals surface area contributed by atoms with E-state index in [0.717, 1.165) is 18.4 Å². The lowest BCUT2D eigenvalue weighted by Crippen LogP contribution is -2.48. The molecule has 10 nitrogen and oxygen atoms in total. The number of benzene rings is 1. The molecule has 0 atom stereocenters. The zero-order chi connectivity index (χ0) is 25.2. The van der Waals surface area contributed by atoms with Crippen molar-refractivity contribution in [2.75, 3.05) is 30.3 Å². The van der Waals surface area contributed by atoms with Gasteiger partial charge in [0.25, 0.3) is 5.91 Å². The fourth-order valence-electron chi connectivity index (χ4n) is 4.40. The second-order valence-corrected chi connectivity index (χ2v) is 9.68. The summed E-state index contributed by atoms with van der Waals surface area (Å²) in [6.07, 6.45) is 4.49. The number of amides is 3. The summed E-state index contributed by atoms with van der Waals surface area (Å²) in [6, 6.07) is 5.56. The van der Waals surface area contributed by atoms with Crippen molar-refractivity contribution >= 4 is 40.8 Å². The van der Waals surface area contributed by atoms with Crippen molar-refractivity contribution in [1.29, 1.82) is 0 Å². The highest BCUT2D eigenvalue weighted by molar-refractivity contribution is 6.33. The lowest BCUT2D eigenvalue weighted by Gasteiger charge is -2.38. The van der Waals surface area contributed by atoms with Crippen LogP contribution >= 0.6 is 11.6 Å². The third-order valence-electron chi connectivity index (χ3n) is 6.56. The Labute approximate surface area is 208 Å². The van der Waals surface area contributed by atoms with Crippen LogP contribution in [0.1, 0.15) is 48.5 Å². The van der Waals surface area contributed by atoms with Crippen LogP contribution in [0.5, 0.6) is 0 Å². The molecular formula is C24H28ClN7O3. The monoisotopic (exact) mass is 497 g/mol. The molecule has 0 unspecified atom stereocenters. The van der Waals surface area contributed by atoms with Crippen LogP contribution in [0.2, 0.25) is 5.02 Å². The predicted octanol–water partition coefficient (Wildman–Crippen LogP) is 2.85. The number of nitrogens with one attached hydrogen (secondary N) is 2. The summed E-state index contributed by atoms with van der Waals surface area (Å²) < 4.78 is 1.65. The Morgan fingerprint density at radius 1 is 1.26 bits per heavy atom. The second-order valence-electron chi connectivity index (χ2n) is 9.28. The third-order valence-corrected chi connectivity index (χ3v) is 6.89. The van der Waals surface area contributed by atoms with E-state index in [-0.39, 0.29) is 35.7 Å². The Morgan fingerprint density at radius 2 is 1.97 bits per heavy atom. The molecule has 4 N–H and O–H groups in total. The van der Waals surface area contributed by atoms with E-state index in [2.05, 4.69) is 25.5 Å². The number of carbonyl (C=O) groups is 3.